The smallest absolute Gasteiger partial charge is 0.269 e. The number of nitrogens with zero attached hydrogens (tertiary/aromatic N) is 3. The number of hydrogen-bond donors (Lipinski definition) is 0. The Morgan fingerprint density at radius 3 is 2.29 bits per heavy atom. The van der Waals surface area contributed by atoms with Crippen molar-refractivity contribution in [3.05, 3.63) is 142 Å². The number of aromatic nitrogens is 1. The van der Waals surface area contributed by atoms with Crippen LogP contribution in [-0.4, -0.2) is 20.3 Å². The van der Waals surface area contributed by atoms with Crippen molar-refractivity contribution in [2.75, 3.05) is 0 Å². The van der Waals surface area contributed by atoms with Crippen molar-refractivity contribution < 1.29 is 14.1 Å². The number of nitro benzene ring substituents is 1. The summed E-state index contributed by atoms with van der Waals surface area (Å²) in [5.74, 6) is -0.456. The molecule has 1 aromatic heterocycles. The first-order valence-electron chi connectivity index (χ1n) is 11.1. The minimum Gasteiger partial charge on any atom is -0.345 e. The van der Waals surface area contributed by atoms with Crippen LogP contribution in [0.15, 0.2) is 103 Å². The maximum atomic E-state index is 13.3. The zero-order chi connectivity index (χ0) is 24.6. The SMILES string of the molecule is O=C(C=Cc1ccc([N+](=O)[O-])cc1)N(Cc1ccccc1)Cc1cccn1Cc1ccc(F)cc1. The highest BCUT2D eigenvalue weighted by Crippen LogP contribution is 2.16. The van der Waals surface area contributed by atoms with Crippen LogP contribution in [0.1, 0.15) is 22.4 Å². The molecule has 0 spiro atoms. The Bertz CT molecular complexity index is 1310. The number of nitro groups is 1. The summed E-state index contributed by atoms with van der Waals surface area (Å²) in [5.41, 5.74) is 3.61. The number of carbonyl (C=O) groups excluding carboxylic acids is 1. The zero-order valence-corrected chi connectivity index (χ0v) is 19.0. The molecule has 6 nitrogen and oxygen atoms in total. The third-order valence-corrected chi connectivity index (χ3v) is 5.59. The number of halogens is 1. The molecule has 0 bridgehead atoms. The van der Waals surface area contributed by atoms with Gasteiger partial charge in [0.05, 0.1) is 11.5 Å². The predicted octanol–water partition coefficient (Wildman–Crippen LogP) is 5.83. The molecule has 4 rings (SSSR count). The Balaban J connectivity index is 1.53. The van der Waals surface area contributed by atoms with Crippen molar-refractivity contribution in [2.24, 2.45) is 0 Å². The van der Waals surface area contributed by atoms with Crippen LogP contribution >= 0.6 is 0 Å². The van der Waals surface area contributed by atoms with Gasteiger partial charge < -0.3 is 9.47 Å². The first kappa shape index (κ1) is 23.6. The molecule has 176 valence electrons. The lowest BCUT2D eigenvalue weighted by atomic mass is 10.1. The van der Waals surface area contributed by atoms with Gasteiger partial charge in [0.1, 0.15) is 5.82 Å². The maximum absolute atomic E-state index is 13.3. The molecule has 3 aromatic carbocycles. The molecule has 0 radical (unpaired) electrons. The second kappa shape index (κ2) is 11.1. The van der Waals surface area contributed by atoms with Gasteiger partial charge in [0.25, 0.3) is 5.69 Å². The maximum Gasteiger partial charge on any atom is 0.269 e. The second-order valence-corrected chi connectivity index (χ2v) is 8.12. The van der Waals surface area contributed by atoms with E-state index in [-0.39, 0.29) is 17.4 Å². The largest absolute Gasteiger partial charge is 0.345 e. The molecule has 0 atom stereocenters. The van der Waals surface area contributed by atoms with Gasteiger partial charge in [-0.1, -0.05) is 42.5 Å². The summed E-state index contributed by atoms with van der Waals surface area (Å²) in [7, 11) is 0. The van der Waals surface area contributed by atoms with Crippen LogP contribution < -0.4 is 0 Å². The fourth-order valence-electron chi connectivity index (χ4n) is 3.72. The van der Waals surface area contributed by atoms with Crippen LogP contribution in [0.2, 0.25) is 0 Å². The fraction of sp³-hybridized carbons (Fsp3) is 0.107. The van der Waals surface area contributed by atoms with Crippen LogP contribution in [0.4, 0.5) is 10.1 Å². The van der Waals surface area contributed by atoms with E-state index in [2.05, 4.69) is 0 Å². The van der Waals surface area contributed by atoms with E-state index in [4.69, 9.17) is 0 Å². The zero-order valence-electron chi connectivity index (χ0n) is 19.0. The third kappa shape index (κ3) is 6.51. The number of carbonyl (C=O) groups is 1. The van der Waals surface area contributed by atoms with Crippen molar-refractivity contribution in [3.63, 3.8) is 0 Å². The molecule has 0 aliphatic heterocycles. The molecular formula is C28H24FN3O3. The van der Waals surface area contributed by atoms with Gasteiger partial charge in [-0.25, -0.2) is 4.39 Å². The molecule has 1 amide bonds. The fourth-order valence-corrected chi connectivity index (χ4v) is 3.72. The van der Waals surface area contributed by atoms with E-state index < -0.39 is 4.92 Å². The predicted molar refractivity (Wildman–Crippen MR) is 133 cm³/mol. The highest BCUT2D eigenvalue weighted by Gasteiger charge is 2.15. The van der Waals surface area contributed by atoms with E-state index in [9.17, 15) is 19.3 Å². The highest BCUT2D eigenvalue weighted by molar-refractivity contribution is 5.91. The monoisotopic (exact) mass is 469 g/mol. The molecule has 0 aliphatic carbocycles. The number of non-ortho nitro benzene ring substituents is 1. The summed E-state index contributed by atoms with van der Waals surface area (Å²) < 4.78 is 15.3. The Labute approximate surface area is 202 Å². The molecule has 4 aromatic rings. The molecule has 0 unspecified atom stereocenters. The Morgan fingerprint density at radius 1 is 0.886 bits per heavy atom. The van der Waals surface area contributed by atoms with E-state index >= 15 is 0 Å². The van der Waals surface area contributed by atoms with E-state index in [0.29, 0.717) is 25.2 Å². The Morgan fingerprint density at radius 2 is 1.60 bits per heavy atom. The molecule has 0 saturated heterocycles. The Kier molecular flexibility index (Phi) is 7.47. The molecule has 7 heteroatoms. The van der Waals surface area contributed by atoms with Gasteiger partial charge in [-0.15, -0.1) is 0 Å². The van der Waals surface area contributed by atoms with Gasteiger partial charge in [0, 0.05) is 43.2 Å². The standard InChI is InChI=1S/C28H24FN3O3/c29-25-13-8-24(9-14-25)19-30-18-4-7-27(30)21-31(20-23-5-2-1-3-6-23)28(33)17-12-22-10-15-26(16-11-22)32(34)35/h1-18H,19-21H2. The van der Waals surface area contributed by atoms with Gasteiger partial charge in [0.15, 0.2) is 0 Å². The van der Waals surface area contributed by atoms with Crippen molar-refractivity contribution in [1.82, 2.24) is 9.47 Å². The first-order valence-corrected chi connectivity index (χ1v) is 11.1. The number of benzene rings is 3. The van der Waals surface area contributed by atoms with E-state index in [1.54, 1.807) is 35.2 Å². The number of hydrogen-bond acceptors (Lipinski definition) is 3. The molecule has 0 saturated carbocycles. The number of amides is 1. The van der Waals surface area contributed by atoms with Crippen LogP contribution in [0.25, 0.3) is 6.08 Å². The van der Waals surface area contributed by atoms with Crippen molar-refractivity contribution in [2.45, 2.75) is 19.6 Å². The molecule has 0 N–H and O–H groups in total. The second-order valence-electron chi connectivity index (χ2n) is 8.12. The normalized spacial score (nSPS) is 11.0. The summed E-state index contributed by atoms with van der Waals surface area (Å²) in [5, 5.41) is 10.9. The van der Waals surface area contributed by atoms with Crippen LogP contribution in [0, 0.1) is 15.9 Å². The third-order valence-electron chi connectivity index (χ3n) is 5.59. The highest BCUT2D eigenvalue weighted by atomic mass is 19.1. The molecule has 0 fully saturated rings. The Hall–Kier alpha value is -4.52. The van der Waals surface area contributed by atoms with Crippen LogP contribution in [0.3, 0.4) is 0 Å². The average Bonchev–Trinajstić information content (AvgIpc) is 3.30. The van der Waals surface area contributed by atoms with E-state index in [1.807, 2.05) is 53.2 Å². The molecular weight excluding hydrogens is 445 g/mol. The van der Waals surface area contributed by atoms with Crippen LogP contribution in [0.5, 0.6) is 0 Å². The summed E-state index contributed by atoms with van der Waals surface area (Å²) in [6, 6.07) is 26.0. The summed E-state index contributed by atoms with van der Waals surface area (Å²) in [4.78, 5) is 25.4. The molecule has 1 heterocycles. The lowest BCUT2D eigenvalue weighted by Gasteiger charge is -2.23. The van der Waals surface area contributed by atoms with Crippen molar-refractivity contribution in [1.29, 1.82) is 0 Å². The van der Waals surface area contributed by atoms with Gasteiger partial charge >= 0.3 is 0 Å². The lowest BCUT2D eigenvalue weighted by Crippen LogP contribution is -2.29. The van der Waals surface area contributed by atoms with E-state index in [0.717, 1.165) is 16.8 Å². The minimum atomic E-state index is -0.457. The molecule has 35 heavy (non-hydrogen) atoms. The van der Waals surface area contributed by atoms with Gasteiger partial charge in [-0.3, -0.25) is 14.9 Å². The number of rotatable bonds is 9. The van der Waals surface area contributed by atoms with E-state index in [1.165, 1.54) is 30.3 Å². The summed E-state index contributed by atoms with van der Waals surface area (Å²) in [6.07, 6.45) is 5.08. The van der Waals surface area contributed by atoms with Gasteiger partial charge in [-0.2, -0.15) is 0 Å². The van der Waals surface area contributed by atoms with Crippen molar-refractivity contribution >= 4 is 17.7 Å². The quantitative estimate of drug-likeness (QED) is 0.176. The lowest BCUT2D eigenvalue weighted by molar-refractivity contribution is -0.384. The molecule has 0 aliphatic rings. The minimum absolute atomic E-state index is 0.00102. The van der Waals surface area contributed by atoms with Gasteiger partial charge in [0.2, 0.25) is 5.91 Å². The average molecular weight is 470 g/mol. The summed E-state index contributed by atoms with van der Waals surface area (Å²) in [6.45, 7) is 1.37. The van der Waals surface area contributed by atoms with Crippen LogP contribution in [-0.2, 0) is 24.4 Å². The topological polar surface area (TPSA) is 68.4 Å². The van der Waals surface area contributed by atoms with Crippen molar-refractivity contribution in [3.8, 4) is 0 Å². The summed E-state index contributed by atoms with van der Waals surface area (Å²) >= 11 is 0. The first-order chi connectivity index (χ1) is 17.0. The van der Waals surface area contributed by atoms with Gasteiger partial charge in [-0.05, 0) is 59.2 Å².